The van der Waals surface area contributed by atoms with Crippen LogP contribution in [-0.2, 0) is 4.79 Å². The highest BCUT2D eigenvalue weighted by molar-refractivity contribution is 5.83. The summed E-state index contributed by atoms with van der Waals surface area (Å²) < 4.78 is 13.4. The molecule has 1 atom stereocenters. The Balaban J connectivity index is 2.68. The van der Waals surface area contributed by atoms with Crippen LogP contribution in [0.25, 0.3) is 0 Å². The zero-order valence-corrected chi connectivity index (χ0v) is 10.7. The van der Waals surface area contributed by atoms with E-state index in [-0.39, 0.29) is 11.7 Å². The van der Waals surface area contributed by atoms with Gasteiger partial charge in [-0.25, -0.2) is 9.37 Å². The predicted octanol–water partition coefficient (Wildman–Crippen LogP) is 0.984. The molecule has 0 bridgehead atoms. The first-order chi connectivity index (χ1) is 8.58. The average molecular weight is 255 g/mol. The summed E-state index contributed by atoms with van der Waals surface area (Å²) in [5.41, 5.74) is 0. The summed E-state index contributed by atoms with van der Waals surface area (Å²) >= 11 is 0. The lowest BCUT2D eigenvalue weighted by atomic mass is 10.3. The number of aromatic nitrogens is 2. The van der Waals surface area contributed by atoms with Crippen LogP contribution >= 0.6 is 0 Å². The molecule has 0 aliphatic carbocycles. The molecular weight excluding hydrogens is 237 g/mol. The molecule has 0 saturated heterocycles. The Bertz CT molecular complexity index is 412. The molecule has 0 aliphatic heterocycles. The second-order valence-electron chi connectivity index (χ2n) is 3.80. The molecule has 0 spiro atoms. The molecule has 100 valence electrons. The maximum Gasteiger partial charge on any atom is 0.242 e. The molecule has 0 saturated carbocycles. The predicted molar refractivity (Wildman–Crippen MR) is 67.9 cm³/mol. The van der Waals surface area contributed by atoms with Gasteiger partial charge in [0.1, 0.15) is 6.04 Å². The van der Waals surface area contributed by atoms with E-state index < -0.39 is 11.9 Å². The zero-order valence-electron chi connectivity index (χ0n) is 10.7. The highest BCUT2D eigenvalue weighted by Crippen LogP contribution is 2.12. The molecule has 0 aromatic carbocycles. The Morgan fingerprint density at radius 3 is 2.89 bits per heavy atom. The summed E-state index contributed by atoms with van der Waals surface area (Å²) in [4.78, 5) is 19.2. The van der Waals surface area contributed by atoms with E-state index in [0.717, 1.165) is 12.6 Å². The van der Waals surface area contributed by atoms with E-state index in [2.05, 4.69) is 25.9 Å². The Hall–Kier alpha value is -1.92. The third-order valence-corrected chi connectivity index (χ3v) is 2.26. The van der Waals surface area contributed by atoms with Crippen LogP contribution in [0.5, 0.6) is 0 Å². The quantitative estimate of drug-likeness (QED) is 0.706. The minimum absolute atomic E-state index is 0.00787. The highest BCUT2D eigenvalue weighted by Gasteiger charge is 2.15. The number of anilines is 2. The van der Waals surface area contributed by atoms with Gasteiger partial charge >= 0.3 is 0 Å². The third kappa shape index (κ3) is 3.83. The van der Waals surface area contributed by atoms with Crippen LogP contribution in [0.3, 0.4) is 0 Å². The van der Waals surface area contributed by atoms with E-state index in [0.29, 0.717) is 12.5 Å². The molecular formula is C11H18FN5O. The van der Waals surface area contributed by atoms with Crippen LogP contribution < -0.4 is 16.0 Å². The third-order valence-electron chi connectivity index (χ3n) is 2.26. The fraction of sp³-hybridized carbons (Fsp3) is 0.545. The molecule has 1 unspecified atom stereocenters. The van der Waals surface area contributed by atoms with Crippen LogP contribution in [-0.4, -0.2) is 35.5 Å². The van der Waals surface area contributed by atoms with Crippen molar-refractivity contribution in [2.45, 2.75) is 26.3 Å². The number of carbonyl (C=O) groups is 1. The van der Waals surface area contributed by atoms with Crippen molar-refractivity contribution in [2.75, 3.05) is 24.2 Å². The standard InChI is InChI=1S/C11H18FN5O/c1-4-5-14-10(18)7(2)16-9-8(12)6-15-11(13-3)17-9/h6-7H,4-5H2,1-3H3,(H,14,18)(H2,13,15,16,17). The van der Waals surface area contributed by atoms with E-state index >= 15 is 0 Å². The van der Waals surface area contributed by atoms with Gasteiger partial charge in [0.15, 0.2) is 11.6 Å². The van der Waals surface area contributed by atoms with Crippen molar-refractivity contribution in [2.24, 2.45) is 0 Å². The van der Waals surface area contributed by atoms with Gasteiger partial charge in [0.05, 0.1) is 6.20 Å². The first-order valence-corrected chi connectivity index (χ1v) is 5.83. The molecule has 6 nitrogen and oxygen atoms in total. The Morgan fingerprint density at radius 2 is 2.28 bits per heavy atom. The van der Waals surface area contributed by atoms with E-state index in [1.807, 2.05) is 6.92 Å². The first-order valence-electron chi connectivity index (χ1n) is 5.83. The van der Waals surface area contributed by atoms with Crippen molar-refractivity contribution in [3.8, 4) is 0 Å². The van der Waals surface area contributed by atoms with Gasteiger partial charge in [-0.3, -0.25) is 4.79 Å². The number of amides is 1. The molecule has 0 radical (unpaired) electrons. The number of nitrogens with one attached hydrogen (secondary N) is 3. The summed E-state index contributed by atoms with van der Waals surface area (Å²) in [5.74, 6) is -0.487. The van der Waals surface area contributed by atoms with Crippen molar-refractivity contribution >= 4 is 17.7 Å². The molecule has 18 heavy (non-hydrogen) atoms. The maximum atomic E-state index is 13.4. The van der Waals surface area contributed by atoms with Crippen molar-refractivity contribution in [3.63, 3.8) is 0 Å². The average Bonchev–Trinajstić information content (AvgIpc) is 2.38. The van der Waals surface area contributed by atoms with Gasteiger partial charge < -0.3 is 16.0 Å². The van der Waals surface area contributed by atoms with E-state index in [4.69, 9.17) is 0 Å². The van der Waals surface area contributed by atoms with Gasteiger partial charge in [0.25, 0.3) is 0 Å². The lowest BCUT2D eigenvalue weighted by molar-refractivity contribution is -0.121. The summed E-state index contributed by atoms with van der Waals surface area (Å²) in [6, 6.07) is -0.564. The fourth-order valence-corrected chi connectivity index (χ4v) is 1.26. The minimum Gasteiger partial charge on any atom is -0.357 e. The Morgan fingerprint density at radius 1 is 1.56 bits per heavy atom. The number of carbonyl (C=O) groups excluding carboxylic acids is 1. The molecule has 1 amide bonds. The van der Waals surface area contributed by atoms with E-state index in [9.17, 15) is 9.18 Å². The van der Waals surface area contributed by atoms with Crippen LogP contribution in [0.4, 0.5) is 16.2 Å². The van der Waals surface area contributed by atoms with Crippen molar-refractivity contribution in [3.05, 3.63) is 12.0 Å². The number of hydrogen-bond acceptors (Lipinski definition) is 5. The summed E-state index contributed by atoms with van der Waals surface area (Å²) in [6.45, 7) is 4.20. The second-order valence-corrected chi connectivity index (χ2v) is 3.80. The monoisotopic (exact) mass is 255 g/mol. The maximum absolute atomic E-state index is 13.4. The van der Waals surface area contributed by atoms with E-state index in [1.54, 1.807) is 14.0 Å². The van der Waals surface area contributed by atoms with Crippen LogP contribution in [0.1, 0.15) is 20.3 Å². The SMILES string of the molecule is CCCNC(=O)C(C)Nc1nc(NC)ncc1F. The molecule has 1 aromatic rings. The van der Waals surface area contributed by atoms with Gasteiger partial charge in [0.2, 0.25) is 11.9 Å². The molecule has 7 heteroatoms. The molecule has 3 N–H and O–H groups in total. The minimum atomic E-state index is -0.593. The largest absolute Gasteiger partial charge is 0.357 e. The summed E-state index contributed by atoms with van der Waals surface area (Å²) in [7, 11) is 1.63. The van der Waals surface area contributed by atoms with Crippen molar-refractivity contribution < 1.29 is 9.18 Å². The first kappa shape index (κ1) is 14.1. The fourth-order valence-electron chi connectivity index (χ4n) is 1.26. The molecule has 0 aliphatic rings. The normalized spacial score (nSPS) is 11.8. The van der Waals surface area contributed by atoms with E-state index in [1.165, 1.54) is 0 Å². The molecule has 1 rings (SSSR count). The topological polar surface area (TPSA) is 78.9 Å². The number of nitrogens with zero attached hydrogens (tertiary/aromatic N) is 2. The van der Waals surface area contributed by atoms with Gasteiger partial charge in [-0.15, -0.1) is 0 Å². The summed E-state index contributed by atoms with van der Waals surface area (Å²) in [6.07, 6.45) is 1.90. The zero-order chi connectivity index (χ0) is 13.5. The Labute approximate surface area is 105 Å². The number of hydrogen-bond donors (Lipinski definition) is 3. The highest BCUT2D eigenvalue weighted by atomic mass is 19.1. The number of rotatable bonds is 6. The van der Waals surface area contributed by atoms with Gasteiger partial charge in [-0.05, 0) is 13.3 Å². The van der Waals surface area contributed by atoms with Gasteiger partial charge in [0, 0.05) is 13.6 Å². The number of halogens is 1. The van der Waals surface area contributed by atoms with Crippen molar-refractivity contribution in [1.82, 2.24) is 15.3 Å². The second kappa shape index (κ2) is 6.73. The Kier molecular flexibility index (Phi) is 5.29. The molecule has 1 aromatic heterocycles. The van der Waals surface area contributed by atoms with Crippen molar-refractivity contribution in [1.29, 1.82) is 0 Å². The molecule has 1 heterocycles. The molecule has 0 fully saturated rings. The summed E-state index contributed by atoms with van der Waals surface area (Å²) in [5, 5.41) is 8.13. The van der Waals surface area contributed by atoms with Crippen LogP contribution in [0, 0.1) is 5.82 Å². The smallest absolute Gasteiger partial charge is 0.242 e. The van der Waals surface area contributed by atoms with Crippen LogP contribution in [0.2, 0.25) is 0 Å². The lowest BCUT2D eigenvalue weighted by Crippen LogP contribution is -2.38. The van der Waals surface area contributed by atoms with Gasteiger partial charge in [-0.2, -0.15) is 4.98 Å². The van der Waals surface area contributed by atoms with Gasteiger partial charge in [-0.1, -0.05) is 6.92 Å². The lowest BCUT2D eigenvalue weighted by Gasteiger charge is -2.15. The van der Waals surface area contributed by atoms with Crippen LogP contribution in [0.15, 0.2) is 6.20 Å².